The van der Waals surface area contributed by atoms with Crippen LogP contribution in [0.5, 0.6) is 0 Å². The Balaban J connectivity index is 2.40. The average Bonchev–Trinajstić information content (AvgIpc) is 2.74. The molecule has 2 aromatic rings. The zero-order valence-corrected chi connectivity index (χ0v) is 18.4. The third-order valence-electron chi connectivity index (χ3n) is 4.84. The number of benzene rings is 2. The van der Waals surface area contributed by atoms with Crippen LogP contribution >= 0.6 is 0 Å². The minimum atomic E-state index is -4.49. The predicted octanol–water partition coefficient (Wildman–Crippen LogP) is 6.08. The molecule has 0 amide bonds. The lowest BCUT2D eigenvalue weighted by atomic mass is 10.1. The Kier molecular flexibility index (Phi) is 8.46. The van der Waals surface area contributed by atoms with E-state index in [0.717, 1.165) is 12.5 Å². The van der Waals surface area contributed by atoms with Crippen LogP contribution in [0.15, 0.2) is 65.3 Å². The summed E-state index contributed by atoms with van der Waals surface area (Å²) < 4.78 is 54.4. The summed E-state index contributed by atoms with van der Waals surface area (Å²) in [7, 11) is 0. The Bertz CT molecular complexity index is 1020. The van der Waals surface area contributed by atoms with Crippen molar-refractivity contribution in [2.45, 2.75) is 39.9 Å². The zero-order chi connectivity index (χ0) is 23.9. The number of nitrogens with two attached hydrogens (primary N) is 1. The van der Waals surface area contributed by atoms with Crippen molar-refractivity contribution in [3.05, 3.63) is 82.8 Å². The molecule has 0 saturated carbocycles. The summed E-state index contributed by atoms with van der Waals surface area (Å²) in [6, 6.07) is 9.86. The second-order valence-electron chi connectivity index (χ2n) is 7.32. The second-order valence-corrected chi connectivity index (χ2v) is 7.32. The van der Waals surface area contributed by atoms with Gasteiger partial charge in [0.2, 0.25) is 0 Å². The number of allylic oxidation sites excluding steroid dienone is 1. The number of alkyl halides is 3. The van der Waals surface area contributed by atoms with Gasteiger partial charge in [0.15, 0.2) is 0 Å². The van der Waals surface area contributed by atoms with Crippen molar-refractivity contribution < 1.29 is 17.6 Å². The number of nitrogens with zero attached hydrogens (tertiary/aromatic N) is 1. The number of rotatable bonds is 8. The Hall–Kier alpha value is -3.29. The molecule has 0 spiro atoms. The quantitative estimate of drug-likeness (QED) is 0.261. The monoisotopic (exact) mass is 448 g/mol. The van der Waals surface area contributed by atoms with Crippen LogP contribution in [0.25, 0.3) is 5.70 Å². The third kappa shape index (κ3) is 6.35. The Morgan fingerprint density at radius 1 is 1.09 bits per heavy atom. The third-order valence-corrected chi connectivity index (χ3v) is 4.84. The van der Waals surface area contributed by atoms with Gasteiger partial charge in [0.05, 0.1) is 17.8 Å². The van der Waals surface area contributed by atoms with Crippen LogP contribution in [0.4, 0.5) is 23.2 Å². The minimum absolute atomic E-state index is 0.0310. The number of hydrogen-bond acceptors (Lipinski definition) is 3. The highest BCUT2D eigenvalue weighted by Crippen LogP contribution is 2.32. The molecule has 0 aliphatic heterocycles. The first-order chi connectivity index (χ1) is 15.1. The summed E-state index contributed by atoms with van der Waals surface area (Å²) in [5, 5.41) is 6.06. The molecule has 2 rings (SSSR count). The van der Waals surface area contributed by atoms with E-state index < -0.39 is 17.6 Å². The van der Waals surface area contributed by atoms with Crippen molar-refractivity contribution in [2.75, 3.05) is 11.9 Å². The fourth-order valence-corrected chi connectivity index (χ4v) is 2.95. The molecule has 2 aromatic carbocycles. The Morgan fingerprint density at radius 3 is 2.41 bits per heavy atom. The standard InChI is InChI=1S/C24H28F4N4/c1-5-13-30-22-19(10-8-12-21(22)25)17(4)32-23(15(2)16(3)29)31-14-18-9-6-7-11-20(18)24(26,27)28/h6-12,30H,4-5,13-14,29H2,1-3H3,(H,31,32)/b16-15-. The van der Waals surface area contributed by atoms with E-state index in [1.807, 2.05) is 6.92 Å². The van der Waals surface area contributed by atoms with Gasteiger partial charge >= 0.3 is 6.18 Å². The molecule has 0 aliphatic carbocycles. The molecule has 0 unspecified atom stereocenters. The van der Waals surface area contributed by atoms with E-state index in [0.29, 0.717) is 34.8 Å². The van der Waals surface area contributed by atoms with E-state index in [4.69, 9.17) is 5.73 Å². The van der Waals surface area contributed by atoms with Crippen LogP contribution in [0.2, 0.25) is 0 Å². The zero-order valence-electron chi connectivity index (χ0n) is 18.4. The Labute approximate surface area is 185 Å². The van der Waals surface area contributed by atoms with Crippen LogP contribution in [0, 0.1) is 5.82 Å². The van der Waals surface area contributed by atoms with Gasteiger partial charge in [-0.2, -0.15) is 13.2 Å². The number of anilines is 1. The van der Waals surface area contributed by atoms with Crippen molar-refractivity contribution in [1.82, 2.24) is 5.32 Å². The molecule has 0 fully saturated rings. The van der Waals surface area contributed by atoms with Crippen LogP contribution in [-0.2, 0) is 12.7 Å². The van der Waals surface area contributed by atoms with Crippen molar-refractivity contribution in [3.63, 3.8) is 0 Å². The van der Waals surface area contributed by atoms with E-state index in [-0.39, 0.29) is 17.9 Å². The van der Waals surface area contributed by atoms with Crippen molar-refractivity contribution in [2.24, 2.45) is 10.7 Å². The summed E-state index contributed by atoms with van der Waals surface area (Å²) in [4.78, 5) is 4.36. The molecule has 4 N–H and O–H groups in total. The molecule has 8 heteroatoms. The van der Waals surface area contributed by atoms with E-state index in [2.05, 4.69) is 22.2 Å². The number of amidine groups is 1. The van der Waals surface area contributed by atoms with Gasteiger partial charge in [-0.15, -0.1) is 0 Å². The lowest BCUT2D eigenvalue weighted by Gasteiger charge is -2.18. The van der Waals surface area contributed by atoms with E-state index in [9.17, 15) is 17.6 Å². The fourth-order valence-electron chi connectivity index (χ4n) is 2.95. The summed E-state index contributed by atoms with van der Waals surface area (Å²) in [5.41, 5.74) is 7.31. The summed E-state index contributed by atoms with van der Waals surface area (Å²) in [6.45, 7) is 9.65. The molecule has 0 bridgehead atoms. The van der Waals surface area contributed by atoms with Gasteiger partial charge in [0.1, 0.15) is 11.7 Å². The number of hydrogen-bond donors (Lipinski definition) is 3. The van der Waals surface area contributed by atoms with Gasteiger partial charge in [-0.25, -0.2) is 4.39 Å². The first-order valence-corrected chi connectivity index (χ1v) is 10.2. The molecule has 4 nitrogen and oxygen atoms in total. The number of halogens is 4. The average molecular weight is 449 g/mol. The van der Waals surface area contributed by atoms with Crippen LogP contribution in [0.1, 0.15) is 43.9 Å². The smallest absolute Gasteiger partial charge is 0.402 e. The molecule has 0 radical (unpaired) electrons. The number of para-hydroxylation sites is 1. The van der Waals surface area contributed by atoms with Crippen LogP contribution in [-0.4, -0.2) is 12.4 Å². The lowest BCUT2D eigenvalue weighted by Crippen LogP contribution is -2.25. The topological polar surface area (TPSA) is 62.4 Å². The predicted molar refractivity (Wildman–Crippen MR) is 122 cm³/mol. The van der Waals surface area contributed by atoms with E-state index in [1.165, 1.54) is 24.3 Å². The molecule has 0 heterocycles. The number of aliphatic imine (C=N–C) groups is 1. The molecule has 0 aromatic heterocycles. The summed E-state index contributed by atoms with van der Waals surface area (Å²) in [6.07, 6.45) is -3.69. The first-order valence-electron chi connectivity index (χ1n) is 10.2. The lowest BCUT2D eigenvalue weighted by molar-refractivity contribution is -0.138. The van der Waals surface area contributed by atoms with Gasteiger partial charge in [0, 0.05) is 29.1 Å². The maximum absolute atomic E-state index is 14.4. The van der Waals surface area contributed by atoms with Gasteiger partial charge < -0.3 is 16.4 Å². The first kappa shape index (κ1) is 25.0. The molecule has 0 atom stereocenters. The molecular weight excluding hydrogens is 420 g/mol. The molecule has 32 heavy (non-hydrogen) atoms. The SMILES string of the molecule is C=C(NC(=NCc1ccccc1C(F)(F)F)/C(C)=C(/C)N)c1cccc(F)c1NCCC. The summed E-state index contributed by atoms with van der Waals surface area (Å²) in [5.74, 6) is -0.170. The van der Waals surface area contributed by atoms with Gasteiger partial charge in [-0.05, 0) is 38.0 Å². The maximum Gasteiger partial charge on any atom is 0.416 e. The highest BCUT2D eigenvalue weighted by Gasteiger charge is 2.32. The normalized spacial score (nSPS) is 12.9. The van der Waals surface area contributed by atoms with E-state index >= 15 is 0 Å². The fraction of sp³-hybridized carbons (Fsp3) is 0.292. The van der Waals surface area contributed by atoms with Crippen LogP contribution in [0.3, 0.4) is 0 Å². The van der Waals surface area contributed by atoms with Crippen molar-refractivity contribution in [3.8, 4) is 0 Å². The minimum Gasteiger partial charge on any atom is -0.402 e. The highest BCUT2D eigenvalue weighted by atomic mass is 19.4. The van der Waals surface area contributed by atoms with Crippen LogP contribution < -0.4 is 16.4 Å². The molecule has 0 aliphatic rings. The molecule has 172 valence electrons. The maximum atomic E-state index is 14.4. The number of nitrogens with one attached hydrogen (secondary N) is 2. The van der Waals surface area contributed by atoms with Crippen molar-refractivity contribution >= 4 is 17.2 Å². The second kappa shape index (κ2) is 10.8. The molecule has 0 saturated heterocycles. The Morgan fingerprint density at radius 2 is 1.78 bits per heavy atom. The van der Waals surface area contributed by atoms with E-state index in [1.54, 1.807) is 26.0 Å². The largest absolute Gasteiger partial charge is 0.416 e. The molecular formula is C24H28F4N4. The highest BCUT2D eigenvalue weighted by molar-refractivity contribution is 6.03. The summed E-state index contributed by atoms with van der Waals surface area (Å²) >= 11 is 0. The van der Waals surface area contributed by atoms with Gasteiger partial charge in [-0.3, -0.25) is 4.99 Å². The van der Waals surface area contributed by atoms with Gasteiger partial charge in [0.25, 0.3) is 0 Å². The van der Waals surface area contributed by atoms with Crippen molar-refractivity contribution in [1.29, 1.82) is 0 Å². The van der Waals surface area contributed by atoms with Gasteiger partial charge in [-0.1, -0.05) is 43.8 Å².